The molecule has 4 aromatic rings. The molecule has 1 fully saturated rings. The van der Waals surface area contributed by atoms with E-state index in [-0.39, 0.29) is 11.7 Å². The Morgan fingerprint density at radius 2 is 1.58 bits per heavy atom. The molecular weight excluding hydrogens is 415 g/mol. The quantitative estimate of drug-likeness (QED) is 0.411. The van der Waals surface area contributed by atoms with Crippen molar-refractivity contribution in [2.45, 2.75) is 25.8 Å². The van der Waals surface area contributed by atoms with E-state index in [0.29, 0.717) is 18.1 Å². The van der Waals surface area contributed by atoms with Crippen LogP contribution in [0.15, 0.2) is 78.9 Å². The topological polar surface area (TPSA) is 41.4 Å². The second kappa shape index (κ2) is 9.16. The lowest BCUT2D eigenvalue weighted by atomic mass is 10.0. The van der Waals surface area contributed by atoms with Gasteiger partial charge in [-0.1, -0.05) is 36.4 Å². The first-order valence-corrected chi connectivity index (χ1v) is 11.4. The zero-order valence-corrected chi connectivity index (χ0v) is 18.7. The molecule has 1 aliphatic rings. The number of anilines is 2. The van der Waals surface area contributed by atoms with E-state index in [9.17, 15) is 9.18 Å². The number of hydrogen-bond acceptors (Lipinski definition) is 3. The Morgan fingerprint density at radius 3 is 2.18 bits per heavy atom. The van der Waals surface area contributed by atoms with Crippen molar-refractivity contribution in [3.05, 3.63) is 90.5 Å². The van der Waals surface area contributed by atoms with Crippen molar-refractivity contribution in [1.82, 2.24) is 14.5 Å². The van der Waals surface area contributed by atoms with Crippen LogP contribution in [0.25, 0.3) is 11.0 Å². The van der Waals surface area contributed by atoms with Crippen LogP contribution in [-0.4, -0.2) is 40.0 Å². The number of piperidine rings is 1. The monoisotopic (exact) mass is 442 g/mol. The number of fused-ring (bicyclic) bond motifs is 1. The molecule has 2 heterocycles. The zero-order chi connectivity index (χ0) is 22.8. The van der Waals surface area contributed by atoms with E-state index < -0.39 is 0 Å². The zero-order valence-electron chi connectivity index (χ0n) is 18.7. The van der Waals surface area contributed by atoms with Gasteiger partial charge in [0.05, 0.1) is 17.6 Å². The molecule has 0 atom stereocenters. The molecular formula is C27H27FN4O. The Bertz CT molecular complexity index is 1210. The van der Waals surface area contributed by atoms with Gasteiger partial charge in [0, 0.05) is 36.6 Å². The number of aryl methyl sites for hydroxylation is 1. The number of nitrogens with zero attached hydrogens (tertiary/aromatic N) is 4. The van der Waals surface area contributed by atoms with Gasteiger partial charge in [-0.05, 0) is 56.2 Å². The second-order valence-corrected chi connectivity index (χ2v) is 8.57. The minimum atomic E-state index is -0.262. The van der Waals surface area contributed by atoms with Crippen LogP contribution in [0.5, 0.6) is 0 Å². The van der Waals surface area contributed by atoms with Crippen LogP contribution in [0, 0.1) is 12.7 Å². The molecule has 0 aliphatic carbocycles. The molecule has 0 spiro atoms. The number of halogens is 1. The first-order valence-electron chi connectivity index (χ1n) is 11.4. The lowest BCUT2D eigenvalue weighted by Crippen LogP contribution is -2.42. The van der Waals surface area contributed by atoms with E-state index in [2.05, 4.69) is 14.5 Å². The van der Waals surface area contributed by atoms with Gasteiger partial charge in [0.2, 0.25) is 5.91 Å². The summed E-state index contributed by atoms with van der Waals surface area (Å²) in [5, 5.41) is 0. The Balaban J connectivity index is 1.30. The fourth-order valence-electron chi connectivity index (χ4n) is 4.84. The van der Waals surface area contributed by atoms with Crippen molar-refractivity contribution in [2.24, 2.45) is 0 Å². The van der Waals surface area contributed by atoms with Crippen LogP contribution in [0.3, 0.4) is 0 Å². The van der Waals surface area contributed by atoms with E-state index in [1.54, 1.807) is 4.90 Å². The van der Waals surface area contributed by atoms with Crippen LogP contribution in [0.2, 0.25) is 0 Å². The highest BCUT2D eigenvalue weighted by molar-refractivity contribution is 6.01. The number of amides is 1. The number of hydrogen-bond donors (Lipinski definition) is 0. The predicted molar refractivity (Wildman–Crippen MR) is 129 cm³/mol. The van der Waals surface area contributed by atoms with Crippen LogP contribution in [0.1, 0.15) is 24.7 Å². The lowest BCUT2D eigenvalue weighted by Gasteiger charge is -2.34. The number of carbonyl (C=O) groups excluding carboxylic acids is 1. The van der Waals surface area contributed by atoms with Gasteiger partial charge >= 0.3 is 0 Å². The van der Waals surface area contributed by atoms with Gasteiger partial charge in [0.25, 0.3) is 0 Å². The molecule has 0 saturated carbocycles. The average Bonchev–Trinajstić information content (AvgIpc) is 3.16. The molecule has 3 aromatic carbocycles. The highest BCUT2D eigenvalue weighted by Crippen LogP contribution is 2.30. The van der Waals surface area contributed by atoms with E-state index >= 15 is 0 Å². The maximum atomic E-state index is 13.6. The van der Waals surface area contributed by atoms with Crippen LogP contribution in [-0.2, 0) is 4.79 Å². The standard InChI is InChI=1S/C27H27FN4O/c1-20-29-25-18-21(28)12-13-26(25)31(20)24-14-16-30(17-15-24)19-27(33)32(22-8-4-2-5-9-22)23-10-6-3-7-11-23/h2-13,18,24H,14-17,19H2,1H3. The normalized spacial score (nSPS) is 15.1. The molecule has 0 bridgehead atoms. The summed E-state index contributed by atoms with van der Waals surface area (Å²) in [7, 11) is 0. The molecule has 33 heavy (non-hydrogen) atoms. The number of likely N-dealkylation sites (tertiary alicyclic amines) is 1. The molecule has 0 unspecified atom stereocenters. The molecule has 1 aliphatic heterocycles. The highest BCUT2D eigenvalue weighted by atomic mass is 19.1. The summed E-state index contributed by atoms with van der Waals surface area (Å²) in [5.74, 6) is 0.705. The summed E-state index contributed by atoms with van der Waals surface area (Å²) in [4.78, 5) is 22.0. The molecule has 168 valence electrons. The van der Waals surface area contributed by atoms with Gasteiger partial charge in [-0.2, -0.15) is 0 Å². The molecule has 5 rings (SSSR count). The van der Waals surface area contributed by atoms with Gasteiger partial charge in [0.15, 0.2) is 0 Å². The smallest absolute Gasteiger partial charge is 0.245 e. The Kier molecular flexibility index (Phi) is 5.92. The molecule has 0 radical (unpaired) electrons. The van der Waals surface area contributed by atoms with Gasteiger partial charge < -0.3 is 4.57 Å². The maximum absolute atomic E-state index is 13.6. The van der Waals surface area contributed by atoms with E-state index in [0.717, 1.165) is 48.6 Å². The molecule has 6 heteroatoms. The van der Waals surface area contributed by atoms with Crippen molar-refractivity contribution in [2.75, 3.05) is 24.5 Å². The van der Waals surface area contributed by atoms with Gasteiger partial charge in [-0.3, -0.25) is 14.6 Å². The molecule has 0 N–H and O–H groups in total. The number of benzene rings is 3. The Hall–Kier alpha value is -3.51. The third-order valence-electron chi connectivity index (χ3n) is 6.39. The van der Waals surface area contributed by atoms with Crippen molar-refractivity contribution >= 4 is 28.3 Å². The van der Waals surface area contributed by atoms with E-state index in [1.165, 1.54) is 12.1 Å². The molecule has 5 nitrogen and oxygen atoms in total. The first-order chi connectivity index (χ1) is 16.1. The van der Waals surface area contributed by atoms with Crippen molar-refractivity contribution in [1.29, 1.82) is 0 Å². The fraction of sp³-hybridized carbons (Fsp3) is 0.259. The summed E-state index contributed by atoms with van der Waals surface area (Å²) in [6.45, 7) is 4.00. The summed E-state index contributed by atoms with van der Waals surface area (Å²) >= 11 is 0. The van der Waals surface area contributed by atoms with E-state index in [1.807, 2.05) is 73.7 Å². The Labute approximate surface area is 193 Å². The Morgan fingerprint density at radius 1 is 0.970 bits per heavy atom. The molecule has 1 aromatic heterocycles. The summed E-state index contributed by atoms with van der Waals surface area (Å²) in [6.07, 6.45) is 1.85. The third-order valence-corrected chi connectivity index (χ3v) is 6.39. The largest absolute Gasteiger partial charge is 0.325 e. The van der Waals surface area contributed by atoms with Gasteiger partial charge in [-0.15, -0.1) is 0 Å². The minimum Gasteiger partial charge on any atom is -0.325 e. The van der Waals surface area contributed by atoms with Crippen LogP contribution >= 0.6 is 0 Å². The van der Waals surface area contributed by atoms with Crippen molar-refractivity contribution in [3.63, 3.8) is 0 Å². The maximum Gasteiger partial charge on any atom is 0.245 e. The number of aromatic nitrogens is 2. The predicted octanol–water partition coefficient (Wildman–Crippen LogP) is 5.49. The molecule has 1 saturated heterocycles. The summed E-state index contributed by atoms with van der Waals surface area (Å²) in [5.41, 5.74) is 3.42. The van der Waals surface area contributed by atoms with E-state index in [4.69, 9.17) is 0 Å². The fourth-order valence-corrected chi connectivity index (χ4v) is 4.84. The van der Waals surface area contributed by atoms with Gasteiger partial charge in [0.1, 0.15) is 11.6 Å². The average molecular weight is 443 g/mol. The number of para-hydroxylation sites is 2. The summed E-state index contributed by atoms with van der Waals surface area (Å²) in [6, 6.07) is 24.7. The number of rotatable bonds is 5. The third kappa shape index (κ3) is 4.39. The second-order valence-electron chi connectivity index (χ2n) is 8.57. The van der Waals surface area contributed by atoms with Crippen molar-refractivity contribution < 1.29 is 9.18 Å². The molecule has 1 amide bonds. The van der Waals surface area contributed by atoms with Crippen LogP contribution < -0.4 is 4.90 Å². The van der Waals surface area contributed by atoms with Crippen molar-refractivity contribution in [3.8, 4) is 0 Å². The van der Waals surface area contributed by atoms with Crippen LogP contribution in [0.4, 0.5) is 15.8 Å². The highest BCUT2D eigenvalue weighted by Gasteiger charge is 2.27. The SMILES string of the molecule is Cc1nc2cc(F)ccc2n1C1CCN(CC(=O)N(c2ccccc2)c2ccccc2)CC1. The van der Waals surface area contributed by atoms with Gasteiger partial charge in [-0.25, -0.2) is 9.37 Å². The number of imidazole rings is 1. The minimum absolute atomic E-state index is 0.0607. The number of carbonyl (C=O) groups is 1. The summed E-state index contributed by atoms with van der Waals surface area (Å²) < 4.78 is 15.8. The first kappa shape index (κ1) is 21.3. The lowest BCUT2D eigenvalue weighted by molar-refractivity contribution is -0.119.